The second-order valence-corrected chi connectivity index (χ2v) is 9.36. The van der Waals surface area contributed by atoms with Crippen LogP contribution in [0.25, 0.3) is 0 Å². The summed E-state index contributed by atoms with van der Waals surface area (Å²) in [5, 5.41) is 6.73. The molecule has 6 nitrogen and oxygen atoms in total. The summed E-state index contributed by atoms with van der Waals surface area (Å²) < 4.78 is 24.7. The molecule has 0 aromatic rings. The molecular formula is C19H41IN4O2S. The van der Waals surface area contributed by atoms with Crippen molar-refractivity contribution < 1.29 is 8.42 Å². The highest BCUT2D eigenvalue weighted by atomic mass is 127. The molecule has 0 bridgehead atoms. The van der Waals surface area contributed by atoms with Gasteiger partial charge >= 0.3 is 0 Å². The van der Waals surface area contributed by atoms with Gasteiger partial charge in [-0.3, -0.25) is 4.99 Å². The van der Waals surface area contributed by atoms with E-state index in [4.69, 9.17) is 4.99 Å². The zero-order valence-corrected chi connectivity index (χ0v) is 20.7. The smallest absolute Gasteiger partial charge is 0.211 e. The number of aliphatic imine (C=N–C) groups is 1. The second kappa shape index (κ2) is 15.8. The van der Waals surface area contributed by atoms with Gasteiger partial charge in [-0.05, 0) is 32.1 Å². The molecule has 2 N–H and O–H groups in total. The van der Waals surface area contributed by atoms with Crippen molar-refractivity contribution in [2.45, 2.75) is 71.6 Å². The summed E-state index contributed by atoms with van der Waals surface area (Å²) in [5.74, 6) is 1.37. The van der Waals surface area contributed by atoms with E-state index in [1.54, 1.807) is 4.31 Å². The topological polar surface area (TPSA) is 73.8 Å². The largest absolute Gasteiger partial charge is 0.357 e. The van der Waals surface area contributed by atoms with Crippen molar-refractivity contribution in [3.8, 4) is 0 Å². The number of piperidine rings is 1. The van der Waals surface area contributed by atoms with Gasteiger partial charge in [0.1, 0.15) is 0 Å². The van der Waals surface area contributed by atoms with Crippen LogP contribution in [0, 0.1) is 5.92 Å². The third kappa shape index (κ3) is 12.9. The number of unbranched alkanes of at least 4 members (excludes halogenated alkanes) is 6. The molecule has 1 aliphatic rings. The Balaban J connectivity index is 0.00000676. The highest BCUT2D eigenvalue weighted by Gasteiger charge is 2.24. The average molecular weight is 517 g/mol. The maximum atomic E-state index is 11.6. The fourth-order valence-electron chi connectivity index (χ4n) is 3.27. The number of nitrogens with zero attached hydrogens (tertiary/aromatic N) is 2. The molecular weight excluding hydrogens is 475 g/mol. The minimum atomic E-state index is -3.04. The van der Waals surface area contributed by atoms with Crippen molar-refractivity contribution in [1.82, 2.24) is 14.9 Å². The quantitative estimate of drug-likeness (QED) is 0.180. The molecule has 0 atom stereocenters. The highest BCUT2D eigenvalue weighted by Crippen LogP contribution is 2.19. The lowest BCUT2D eigenvalue weighted by molar-refractivity contribution is 0.280. The molecule has 0 aromatic carbocycles. The molecule has 0 amide bonds. The Morgan fingerprint density at radius 1 is 1.00 bits per heavy atom. The lowest BCUT2D eigenvalue weighted by atomic mass is 9.98. The predicted molar refractivity (Wildman–Crippen MR) is 127 cm³/mol. The molecule has 1 heterocycles. The van der Waals surface area contributed by atoms with Crippen molar-refractivity contribution >= 4 is 40.0 Å². The molecule has 0 aliphatic carbocycles. The van der Waals surface area contributed by atoms with Gasteiger partial charge in [0, 0.05) is 32.7 Å². The van der Waals surface area contributed by atoms with Crippen LogP contribution in [0.15, 0.2) is 4.99 Å². The van der Waals surface area contributed by atoms with E-state index >= 15 is 0 Å². The van der Waals surface area contributed by atoms with E-state index in [0.29, 0.717) is 19.0 Å². The highest BCUT2D eigenvalue weighted by molar-refractivity contribution is 14.0. The summed E-state index contributed by atoms with van der Waals surface area (Å²) in [6.07, 6.45) is 12.3. The molecule has 0 spiro atoms. The monoisotopic (exact) mass is 516 g/mol. The Kier molecular flexibility index (Phi) is 15.7. The third-order valence-corrected chi connectivity index (χ3v) is 6.27. The fourth-order valence-corrected chi connectivity index (χ4v) is 4.15. The first-order valence-electron chi connectivity index (χ1n) is 10.4. The van der Waals surface area contributed by atoms with Gasteiger partial charge in [0.15, 0.2) is 5.96 Å². The van der Waals surface area contributed by atoms with Gasteiger partial charge in [0.25, 0.3) is 0 Å². The van der Waals surface area contributed by atoms with Gasteiger partial charge in [0.05, 0.1) is 6.26 Å². The van der Waals surface area contributed by atoms with Crippen LogP contribution < -0.4 is 10.6 Å². The second-order valence-electron chi connectivity index (χ2n) is 7.37. The van der Waals surface area contributed by atoms with E-state index in [1.165, 1.54) is 51.2 Å². The standard InChI is InChI=1S/C19H40N4O2S.HI/c1-4-6-7-8-9-10-11-14-21-19(20-5-2)22-17-18-12-15-23(16-13-18)26(3,24)25;/h18H,4-17H2,1-3H3,(H2,20,21,22);1H. The van der Waals surface area contributed by atoms with Crippen molar-refractivity contribution in [2.24, 2.45) is 10.9 Å². The SMILES string of the molecule is CCCCCCCCCNC(=NCC1CCN(S(C)(=O)=O)CC1)NCC.I. The van der Waals surface area contributed by atoms with Crippen LogP contribution in [0.1, 0.15) is 71.6 Å². The van der Waals surface area contributed by atoms with Crippen molar-refractivity contribution in [3.63, 3.8) is 0 Å². The molecule has 1 saturated heterocycles. The van der Waals surface area contributed by atoms with E-state index in [9.17, 15) is 8.42 Å². The zero-order chi connectivity index (χ0) is 19.3. The molecule has 1 rings (SSSR count). The summed E-state index contributed by atoms with van der Waals surface area (Å²) in [7, 11) is -3.04. The first kappa shape index (κ1) is 26.9. The molecule has 0 aromatic heterocycles. The molecule has 0 unspecified atom stereocenters. The Hall–Kier alpha value is -0.0900. The molecule has 1 fully saturated rings. The predicted octanol–water partition coefficient (Wildman–Crippen LogP) is 3.58. The number of rotatable bonds is 12. The lowest BCUT2D eigenvalue weighted by Gasteiger charge is -2.29. The molecule has 0 saturated carbocycles. The van der Waals surface area contributed by atoms with Crippen LogP contribution in [0.2, 0.25) is 0 Å². The third-order valence-electron chi connectivity index (χ3n) is 4.97. The molecule has 8 heteroatoms. The number of nitrogens with one attached hydrogen (secondary N) is 2. The zero-order valence-electron chi connectivity index (χ0n) is 17.5. The number of halogens is 1. The number of hydrogen-bond donors (Lipinski definition) is 2. The number of sulfonamides is 1. The summed E-state index contributed by atoms with van der Waals surface area (Å²) in [6.45, 7) is 8.17. The van der Waals surface area contributed by atoms with Crippen LogP contribution >= 0.6 is 24.0 Å². The maximum absolute atomic E-state index is 11.6. The Morgan fingerprint density at radius 2 is 1.59 bits per heavy atom. The summed E-state index contributed by atoms with van der Waals surface area (Å²) in [6, 6.07) is 0. The Bertz CT molecular complexity index is 492. The summed E-state index contributed by atoms with van der Waals surface area (Å²) in [4.78, 5) is 4.71. The first-order chi connectivity index (χ1) is 12.5. The van der Waals surface area contributed by atoms with Gasteiger partial charge in [-0.25, -0.2) is 12.7 Å². The number of guanidine groups is 1. The first-order valence-corrected chi connectivity index (χ1v) is 12.3. The van der Waals surface area contributed by atoms with Gasteiger partial charge < -0.3 is 10.6 Å². The maximum Gasteiger partial charge on any atom is 0.211 e. The Morgan fingerprint density at radius 3 is 2.15 bits per heavy atom. The van der Waals surface area contributed by atoms with Crippen LogP contribution in [0.5, 0.6) is 0 Å². The molecule has 27 heavy (non-hydrogen) atoms. The summed E-state index contributed by atoms with van der Waals surface area (Å²) in [5.41, 5.74) is 0. The van der Waals surface area contributed by atoms with E-state index < -0.39 is 10.0 Å². The molecule has 162 valence electrons. The van der Waals surface area contributed by atoms with E-state index in [-0.39, 0.29) is 24.0 Å². The van der Waals surface area contributed by atoms with Crippen molar-refractivity contribution in [1.29, 1.82) is 0 Å². The minimum absolute atomic E-state index is 0. The van der Waals surface area contributed by atoms with Crippen LogP contribution in [0.3, 0.4) is 0 Å². The average Bonchev–Trinajstić information content (AvgIpc) is 2.61. The normalized spacial score (nSPS) is 16.8. The van der Waals surface area contributed by atoms with Crippen LogP contribution in [-0.2, 0) is 10.0 Å². The van der Waals surface area contributed by atoms with Crippen molar-refractivity contribution in [2.75, 3.05) is 39.0 Å². The van der Waals surface area contributed by atoms with Crippen LogP contribution in [-0.4, -0.2) is 57.7 Å². The van der Waals surface area contributed by atoms with Gasteiger partial charge in [-0.2, -0.15) is 0 Å². The van der Waals surface area contributed by atoms with E-state index in [0.717, 1.165) is 38.4 Å². The molecule has 0 radical (unpaired) electrons. The van der Waals surface area contributed by atoms with Gasteiger partial charge in [0.2, 0.25) is 10.0 Å². The van der Waals surface area contributed by atoms with Gasteiger partial charge in [-0.15, -0.1) is 24.0 Å². The lowest BCUT2D eigenvalue weighted by Crippen LogP contribution is -2.40. The van der Waals surface area contributed by atoms with E-state index in [2.05, 4.69) is 24.5 Å². The van der Waals surface area contributed by atoms with E-state index in [1.807, 2.05) is 0 Å². The minimum Gasteiger partial charge on any atom is -0.357 e. The fraction of sp³-hybridized carbons (Fsp3) is 0.947. The number of hydrogen-bond acceptors (Lipinski definition) is 3. The summed E-state index contributed by atoms with van der Waals surface area (Å²) >= 11 is 0. The van der Waals surface area contributed by atoms with Crippen molar-refractivity contribution in [3.05, 3.63) is 0 Å². The Labute approximate surface area is 184 Å². The molecule has 1 aliphatic heterocycles. The van der Waals surface area contributed by atoms with Gasteiger partial charge in [-0.1, -0.05) is 45.4 Å². The van der Waals surface area contributed by atoms with Crippen LogP contribution in [0.4, 0.5) is 0 Å².